The number of aromatic nitrogens is 3. The number of nitro groups is 1. The lowest BCUT2D eigenvalue weighted by atomic mass is 10.2. The van der Waals surface area contributed by atoms with E-state index in [-0.39, 0.29) is 18.3 Å². The molecule has 0 amide bonds. The van der Waals surface area contributed by atoms with Crippen molar-refractivity contribution in [2.45, 2.75) is 19.5 Å². The monoisotopic (exact) mass is 281 g/mol. The minimum atomic E-state index is -0.468. The number of halogens is 1. The third-order valence-electron chi connectivity index (χ3n) is 2.63. The Balaban J connectivity index is 2.34. The summed E-state index contributed by atoms with van der Waals surface area (Å²) in [6.45, 7) is 1.96. The minimum absolute atomic E-state index is 0.0367. The van der Waals surface area contributed by atoms with Crippen molar-refractivity contribution < 1.29 is 4.92 Å². The zero-order valence-corrected chi connectivity index (χ0v) is 10.9. The van der Waals surface area contributed by atoms with Crippen molar-refractivity contribution in [3.63, 3.8) is 0 Å². The van der Waals surface area contributed by atoms with Gasteiger partial charge in [0, 0.05) is 12.1 Å². The first-order valence-electron chi connectivity index (χ1n) is 5.56. The zero-order valence-electron chi connectivity index (χ0n) is 10.2. The highest BCUT2D eigenvalue weighted by atomic mass is 35.5. The van der Waals surface area contributed by atoms with Gasteiger partial charge < -0.3 is 5.73 Å². The summed E-state index contributed by atoms with van der Waals surface area (Å²) >= 11 is 6.00. The molecule has 0 saturated heterocycles. The highest BCUT2D eigenvalue weighted by molar-refractivity contribution is 6.31. The molecule has 19 heavy (non-hydrogen) atoms. The summed E-state index contributed by atoms with van der Waals surface area (Å²) in [7, 11) is 0. The maximum absolute atomic E-state index is 11.0. The lowest BCUT2D eigenvalue weighted by Gasteiger charge is -2.05. The van der Waals surface area contributed by atoms with Crippen LogP contribution in [0.5, 0.6) is 0 Å². The summed E-state index contributed by atoms with van der Waals surface area (Å²) in [6, 6.07) is 4.31. The average molecular weight is 282 g/mol. The Kier molecular flexibility index (Phi) is 3.77. The summed E-state index contributed by atoms with van der Waals surface area (Å²) in [5.41, 5.74) is 6.66. The molecule has 7 nitrogen and oxygen atoms in total. The predicted octanol–water partition coefficient (Wildman–Crippen LogP) is 1.91. The second kappa shape index (κ2) is 5.33. The SMILES string of the molecule is CC(N)c1cn(Cc2c(Cl)cccc2[N+](=O)[O-])nn1. The molecule has 2 aromatic rings. The molecule has 100 valence electrons. The van der Waals surface area contributed by atoms with E-state index in [2.05, 4.69) is 10.3 Å². The third kappa shape index (κ3) is 2.88. The van der Waals surface area contributed by atoms with Gasteiger partial charge in [0.25, 0.3) is 5.69 Å². The van der Waals surface area contributed by atoms with Crippen molar-refractivity contribution in [3.8, 4) is 0 Å². The topological polar surface area (TPSA) is 99.9 Å². The van der Waals surface area contributed by atoms with Crippen LogP contribution in [-0.4, -0.2) is 19.9 Å². The van der Waals surface area contributed by atoms with Crippen molar-refractivity contribution >= 4 is 17.3 Å². The summed E-state index contributed by atoms with van der Waals surface area (Å²) in [5.74, 6) is 0. The van der Waals surface area contributed by atoms with Crippen LogP contribution in [0, 0.1) is 10.1 Å². The molecule has 0 aliphatic carbocycles. The highest BCUT2D eigenvalue weighted by Gasteiger charge is 2.17. The van der Waals surface area contributed by atoms with Crippen LogP contribution >= 0.6 is 11.6 Å². The van der Waals surface area contributed by atoms with Crippen LogP contribution < -0.4 is 5.73 Å². The molecule has 1 unspecified atom stereocenters. The van der Waals surface area contributed by atoms with E-state index in [1.54, 1.807) is 25.3 Å². The van der Waals surface area contributed by atoms with E-state index in [9.17, 15) is 10.1 Å². The molecule has 0 aliphatic rings. The molecule has 1 aromatic heterocycles. The quantitative estimate of drug-likeness (QED) is 0.681. The van der Waals surface area contributed by atoms with E-state index in [0.29, 0.717) is 16.3 Å². The van der Waals surface area contributed by atoms with Gasteiger partial charge in [0.1, 0.15) is 0 Å². The van der Waals surface area contributed by atoms with Gasteiger partial charge >= 0.3 is 0 Å². The van der Waals surface area contributed by atoms with Gasteiger partial charge in [-0.05, 0) is 13.0 Å². The maximum Gasteiger partial charge on any atom is 0.275 e. The number of nitrogens with zero attached hydrogens (tertiary/aromatic N) is 4. The summed E-state index contributed by atoms with van der Waals surface area (Å²) in [6.07, 6.45) is 1.65. The molecule has 0 radical (unpaired) electrons. The van der Waals surface area contributed by atoms with Crippen LogP contribution in [0.15, 0.2) is 24.4 Å². The minimum Gasteiger partial charge on any atom is -0.323 e. The molecule has 0 aliphatic heterocycles. The van der Waals surface area contributed by atoms with Gasteiger partial charge in [0.2, 0.25) is 0 Å². The number of benzene rings is 1. The van der Waals surface area contributed by atoms with E-state index >= 15 is 0 Å². The molecule has 0 saturated carbocycles. The first kappa shape index (κ1) is 13.4. The maximum atomic E-state index is 11.0. The number of nitro benzene ring substituents is 1. The molecular weight excluding hydrogens is 270 g/mol. The van der Waals surface area contributed by atoms with Gasteiger partial charge in [-0.25, -0.2) is 4.68 Å². The molecule has 1 atom stereocenters. The first-order chi connectivity index (χ1) is 8.99. The van der Waals surface area contributed by atoms with Crippen LogP contribution in [0.3, 0.4) is 0 Å². The Bertz CT molecular complexity index is 611. The van der Waals surface area contributed by atoms with Gasteiger partial charge in [-0.15, -0.1) is 5.10 Å². The van der Waals surface area contributed by atoms with Crippen LogP contribution in [-0.2, 0) is 6.54 Å². The second-order valence-corrected chi connectivity index (χ2v) is 4.53. The van der Waals surface area contributed by atoms with Crippen LogP contribution in [0.4, 0.5) is 5.69 Å². The summed E-state index contributed by atoms with van der Waals surface area (Å²) in [5, 5.41) is 19.1. The van der Waals surface area contributed by atoms with Crippen molar-refractivity contribution in [2.75, 3.05) is 0 Å². The molecule has 0 bridgehead atoms. The van der Waals surface area contributed by atoms with E-state index in [1.807, 2.05) is 0 Å². The van der Waals surface area contributed by atoms with Gasteiger partial charge in [-0.3, -0.25) is 10.1 Å². The Morgan fingerprint density at radius 2 is 2.32 bits per heavy atom. The number of rotatable bonds is 4. The van der Waals surface area contributed by atoms with Gasteiger partial charge in [-0.1, -0.05) is 22.9 Å². The fourth-order valence-corrected chi connectivity index (χ4v) is 1.87. The fraction of sp³-hybridized carbons (Fsp3) is 0.273. The molecule has 1 aromatic carbocycles. The Morgan fingerprint density at radius 1 is 1.58 bits per heavy atom. The normalized spacial score (nSPS) is 12.4. The highest BCUT2D eigenvalue weighted by Crippen LogP contribution is 2.26. The largest absolute Gasteiger partial charge is 0.323 e. The lowest BCUT2D eigenvalue weighted by molar-refractivity contribution is -0.385. The van der Waals surface area contributed by atoms with Crippen molar-refractivity contribution in [1.82, 2.24) is 15.0 Å². The van der Waals surface area contributed by atoms with E-state index < -0.39 is 4.92 Å². The molecule has 0 spiro atoms. The molecule has 1 heterocycles. The fourth-order valence-electron chi connectivity index (χ4n) is 1.64. The van der Waals surface area contributed by atoms with Crippen molar-refractivity contribution in [3.05, 3.63) is 50.8 Å². The van der Waals surface area contributed by atoms with E-state index in [1.165, 1.54) is 10.7 Å². The van der Waals surface area contributed by atoms with Gasteiger partial charge in [0.15, 0.2) is 0 Å². The Morgan fingerprint density at radius 3 is 2.89 bits per heavy atom. The van der Waals surface area contributed by atoms with Crippen molar-refractivity contribution in [2.24, 2.45) is 5.73 Å². The van der Waals surface area contributed by atoms with Crippen LogP contribution in [0.25, 0.3) is 0 Å². The van der Waals surface area contributed by atoms with E-state index in [4.69, 9.17) is 17.3 Å². The van der Waals surface area contributed by atoms with Crippen LogP contribution in [0.2, 0.25) is 5.02 Å². The lowest BCUT2D eigenvalue weighted by Crippen LogP contribution is -2.06. The molecule has 8 heteroatoms. The smallest absolute Gasteiger partial charge is 0.275 e. The van der Waals surface area contributed by atoms with E-state index in [0.717, 1.165) is 0 Å². The predicted molar refractivity (Wildman–Crippen MR) is 69.8 cm³/mol. The number of hydrogen-bond donors (Lipinski definition) is 1. The molecule has 0 fully saturated rings. The Labute approximate surface area is 114 Å². The van der Waals surface area contributed by atoms with Crippen LogP contribution in [0.1, 0.15) is 24.2 Å². The molecule has 2 N–H and O–H groups in total. The Hall–Kier alpha value is -1.99. The average Bonchev–Trinajstić information content (AvgIpc) is 2.80. The first-order valence-corrected chi connectivity index (χ1v) is 5.94. The van der Waals surface area contributed by atoms with Gasteiger partial charge in [-0.2, -0.15) is 0 Å². The van der Waals surface area contributed by atoms with Crippen molar-refractivity contribution in [1.29, 1.82) is 0 Å². The third-order valence-corrected chi connectivity index (χ3v) is 2.99. The second-order valence-electron chi connectivity index (χ2n) is 4.12. The standard InChI is InChI=1S/C11H12ClN5O2/c1-7(13)10-6-16(15-14-10)5-8-9(12)3-2-4-11(8)17(18)19/h2-4,6-7H,5,13H2,1H3. The summed E-state index contributed by atoms with van der Waals surface area (Å²) in [4.78, 5) is 10.5. The summed E-state index contributed by atoms with van der Waals surface area (Å²) < 4.78 is 1.48. The molecular formula is C11H12ClN5O2. The van der Waals surface area contributed by atoms with Gasteiger partial charge in [0.05, 0.1) is 33.9 Å². The molecule has 2 rings (SSSR count). The number of nitrogens with two attached hydrogens (primary N) is 1. The zero-order chi connectivity index (χ0) is 14.0. The number of hydrogen-bond acceptors (Lipinski definition) is 5.